The number of hydrogen-bond acceptors (Lipinski definition) is 2. The Kier molecular flexibility index (Phi) is 4.57. The number of alkyl halides is 7. The van der Waals surface area contributed by atoms with Crippen LogP contribution in [0.25, 0.3) is 0 Å². The minimum atomic E-state index is -5.03. The van der Waals surface area contributed by atoms with Crippen LogP contribution < -0.4 is 4.74 Å². The van der Waals surface area contributed by atoms with Gasteiger partial charge in [0.1, 0.15) is 0 Å². The van der Waals surface area contributed by atoms with Gasteiger partial charge in [0, 0.05) is 9.64 Å². The van der Waals surface area contributed by atoms with Crippen molar-refractivity contribution in [2.45, 2.75) is 18.4 Å². The molecule has 0 aliphatic rings. The largest absolute Gasteiger partial charge is 0.574 e. The molecule has 0 saturated heterocycles. The zero-order valence-corrected chi connectivity index (χ0v) is 11.1. The van der Waals surface area contributed by atoms with E-state index in [-0.39, 0.29) is 0 Å². The summed E-state index contributed by atoms with van der Waals surface area (Å²) in [5.41, 5.74) is -1.87. The Morgan fingerprint density at radius 3 is 2.17 bits per heavy atom. The molecule has 0 aliphatic carbocycles. The Morgan fingerprint density at radius 1 is 1.22 bits per heavy atom. The molecule has 0 spiro atoms. The molecule has 0 aliphatic heterocycles. The third-order valence-electron chi connectivity index (χ3n) is 1.65. The molecule has 1 rings (SSSR count). The lowest BCUT2D eigenvalue weighted by atomic mass is 10.2. The van der Waals surface area contributed by atoms with Gasteiger partial charge in [0.05, 0.1) is 17.1 Å². The molecule has 0 fully saturated rings. The number of halogens is 8. The fourth-order valence-corrected chi connectivity index (χ4v) is 2.18. The molecule has 0 atom stereocenters. The van der Waals surface area contributed by atoms with E-state index >= 15 is 0 Å². The van der Waals surface area contributed by atoms with Gasteiger partial charge in [-0.3, -0.25) is 0 Å². The number of hydrogen-bond donors (Lipinski definition) is 0. The molecule has 2 nitrogen and oxygen atoms in total. The van der Waals surface area contributed by atoms with E-state index in [9.17, 15) is 26.3 Å². The molecule has 0 saturated carbocycles. The van der Waals surface area contributed by atoms with Gasteiger partial charge in [-0.2, -0.15) is 13.2 Å². The Hall–Kier alpha value is -0.450. The minimum Gasteiger partial charge on any atom is -0.388 e. The highest BCUT2D eigenvalue weighted by molar-refractivity contribution is 14.1. The molecule has 18 heavy (non-hydrogen) atoms. The molecular formula is C8H3ClF6INO. The Balaban J connectivity index is 3.28. The van der Waals surface area contributed by atoms with E-state index < -0.39 is 39.1 Å². The highest BCUT2D eigenvalue weighted by atomic mass is 127. The van der Waals surface area contributed by atoms with Crippen molar-refractivity contribution in [1.29, 1.82) is 0 Å². The molecule has 102 valence electrons. The van der Waals surface area contributed by atoms with Gasteiger partial charge >= 0.3 is 12.5 Å². The number of pyridine rings is 1. The first-order chi connectivity index (χ1) is 8.04. The van der Waals surface area contributed by atoms with Gasteiger partial charge in [-0.1, -0.05) is 0 Å². The number of aromatic nitrogens is 1. The summed E-state index contributed by atoms with van der Waals surface area (Å²) in [4.78, 5) is 3.10. The van der Waals surface area contributed by atoms with Crippen LogP contribution in [0, 0.1) is 3.57 Å². The van der Waals surface area contributed by atoms with E-state index in [1.165, 1.54) is 22.6 Å². The van der Waals surface area contributed by atoms with Crippen molar-refractivity contribution >= 4 is 34.2 Å². The molecule has 1 heterocycles. The lowest BCUT2D eigenvalue weighted by Crippen LogP contribution is -2.20. The lowest BCUT2D eigenvalue weighted by molar-refractivity contribution is -0.276. The summed E-state index contributed by atoms with van der Waals surface area (Å²) in [5, 5.41) is 0. The SMILES string of the molecule is FC(F)(F)Oc1cc(I)c(C(F)(F)F)c(CCl)n1. The minimum absolute atomic E-state index is 0.468. The summed E-state index contributed by atoms with van der Waals surface area (Å²) < 4.78 is 76.6. The van der Waals surface area contributed by atoms with Crippen molar-refractivity contribution in [3.63, 3.8) is 0 Å². The van der Waals surface area contributed by atoms with Crippen molar-refractivity contribution in [3.05, 3.63) is 20.9 Å². The van der Waals surface area contributed by atoms with Crippen molar-refractivity contribution in [1.82, 2.24) is 4.98 Å². The van der Waals surface area contributed by atoms with Gasteiger partial charge in [0.15, 0.2) is 0 Å². The van der Waals surface area contributed by atoms with Crippen molar-refractivity contribution in [2.24, 2.45) is 0 Å². The summed E-state index contributed by atoms with van der Waals surface area (Å²) >= 11 is 6.50. The van der Waals surface area contributed by atoms with E-state index in [0.29, 0.717) is 6.07 Å². The third-order valence-corrected chi connectivity index (χ3v) is 2.76. The van der Waals surface area contributed by atoms with E-state index in [1.807, 2.05) is 0 Å². The smallest absolute Gasteiger partial charge is 0.388 e. The second-order valence-corrected chi connectivity index (χ2v) is 4.37. The summed E-state index contributed by atoms with van der Waals surface area (Å²) in [5.74, 6) is -1.66. The third kappa shape index (κ3) is 4.04. The van der Waals surface area contributed by atoms with Crippen LogP contribution in [0.3, 0.4) is 0 Å². The van der Waals surface area contributed by atoms with Crippen LogP contribution in [0.15, 0.2) is 6.07 Å². The average molecular weight is 405 g/mol. The van der Waals surface area contributed by atoms with Crippen molar-refractivity contribution < 1.29 is 31.1 Å². The van der Waals surface area contributed by atoms with Crippen LogP contribution in [-0.2, 0) is 12.1 Å². The van der Waals surface area contributed by atoms with E-state index in [1.54, 1.807) is 0 Å². The number of rotatable bonds is 2. The Bertz CT molecular complexity index is 446. The monoisotopic (exact) mass is 405 g/mol. The van der Waals surface area contributed by atoms with Crippen LogP contribution in [0.5, 0.6) is 5.88 Å². The first-order valence-corrected chi connectivity index (χ1v) is 5.74. The van der Waals surface area contributed by atoms with E-state index in [0.717, 1.165) is 0 Å². The van der Waals surface area contributed by atoms with Crippen LogP contribution >= 0.6 is 34.2 Å². The average Bonchev–Trinajstić information content (AvgIpc) is 2.11. The maximum absolute atomic E-state index is 12.6. The standard InChI is InChI=1S/C8H3ClF6INO/c9-2-4-6(7(10,11)12)3(16)1-5(17-4)18-8(13,14)15/h1H,2H2. The number of ether oxygens (including phenoxy) is 1. The highest BCUT2D eigenvalue weighted by Crippen LogP contribution is 2.37. The Labute approximate surface area is 115 Å². The molecule has 0 unspecified atom stereocenters. The zero-order chi connectivity index (χ0) is 14.1. The van der Waals surface area contributed by atoms with Gasteiger partial charge in [-0.05, 0) is 22.6 Å². The first kappa shape index (κ1) is 15.6. The highest BCUT2D eigenvalue weighted by Gasteiger charge is 2.38. The molecule has 10 heteroatoms. The predicted octanol–water partition coefficient (Wildman–Crippen LogP) is 4.34. The second-order valence-electron chi connectivity index (χ2n) is 2.94. The summed E-state index contributed by atoms with van der Waals surface area (Å²) in [6, 6.07) is 0.549. The maximum Gasteiger partial charge on any atom is 0.574 e. The summed E-state index contributed by atoms with van der Waals surface area (Å²) in [6.07, 6.45) is -9.77. The molecule has 0 N–H and O–H groups in total. The maximum atomic E-state index is 12.6. The van der Waals surface area contributed by atoms with Gasteiger partial charge < -0.3 is 4.74 Å². The predicted molar refractivity (Wildman–Crippen MR) is 58.2 cm³/mol. The quantitative estimate of drug-likeness (QED) is 0.415. The normalized spacial score (nSPS) is 12.7. The van der Waals surface area contributed by atoms with Crippen molar-refractivity contribution in [3.8, 4) is 5.88 Å². The topological polar surface area (TPSA) is 22.1 Å². The second kappa shape index (κ2) is 5.27. The molecule has 0 aromatic carbocycles. The summed E-state index contributed by atoms with van der Waals surface area (Å²) in [7, 11) is 0. The van der Waals surface area contributed by atoms with E-state index in [4.69, 9.17) is 11.6 Å². The molecule has 1 aromatic rings. The summed E-state index contributed by atoms with van der Waals surface area (Å²) in [6.45, 7) is 0. The van der Waals surface area contributed by atoms with Gasteiger partial charge in [0.2, 0.25) is 5.88 Å². The van der Waals surface area contributed by atoms with Gasteiger partial charge in [-0.15, -0.1) is 24.8 Å². The lowest BCUT2D eigenvalue weighted by Gasteiger charge is -2.15. The fraction of sp³-hybridized carbons (Fsp3) is 0.375. The van der Waals surface area contributed by atoms with Gasteiger partial charge in [-0.25, -0.2) is 4.98 Å². The molecule has 0 bridgehead atoms. The number of nitrogens with zero attached hydrogens (tertiary/aromatic N) is 1. The fourth-order valence-electron chi connectivity index (χ4n) is 1.11. The zero-order valence-electron chi connectivity index (χ0n) is 8.16. The van der Waals surface area contributed by atoms with Gasteiger partial charge in [0.25, 0.3) is 0 Å². The van der Waals surface area contributed by atoms with Crippen LogP contribution in [0.1, 0.15) is 11.3 Å². The van der Waals surface area contributed by atoms with Crippen molar-refractivity contribution in [2.75, 3.05) is 0 Å². The molecular weight excluding hydrogens is 402 g/mol. The molecule has 0 radical (unpaired) electrons. The van der Waals surface area contributed by atoms with Crippen LogP contribution in [0.4, 0.5) is 26.3 Å². The first-order valence-electron chi connectivity index (χ1n) is 4.13. The van der Waals surface area contributed by atoms with E-state index in [2.05, 4.69) is 9.72 Å². The molecule has 0 amide bonds. The Morgan fingerprint density at radius 2 is 1.78 bits per heavy atom. The van der Waals surface area contributed by atoms with Crippen LogP contribution in [0.2, 0.25) is 0 Å². The molecule has 1 aromatic heterocycles. The van der Waals surface area contributed by atoms with Crippen LogP contribution in [-0.4, -0.2) is 11.3 Å².